The van der Waals surface area contributed by atoms with Crippen molar-refractivity contribution in [3.63, 3.8) is 0 Å². The van der Waals surface area contributed by atoms with Crippen molar-refractivity contribution in [1.82, 2.24) is 4.90 Å². The number of fused-ring (bicyclic) bond motifs is 3. The molecule has 1 fully saturated rings. The summed E-state index contributed by atoms with van der Waals surface area (Å²) in [4.78, 5) is 15.6. The van der Waals surface area contributed by atoms with Crippen LogP contribution < -0.4 is 10.1 Å². The first-order chi connectivity index (χ1) is 15.2. The molecule has 3 atom stereocenters. The van der Waals surface area contributed by atoms with Crippen molar-refractivity contribution in [1.29, 1.82) is 0 Å². The van der Waals surface area contributed by atoms with Crippen LogP contribution in [0.15, 0.2) is 54.6 Å². The minimum atomic E-state index is 0.140. The predicted molar refractivity (Wildman–Crippen MR) is 125 cm³/mol. The molecule has 0 aromatic heterocycles. The summed E-state index contributed by atoms with van der Waals surface area (Å²) >= 11 is 0. The number of nitrogens with zero attached hydrogens (tertiary/aromatic N) is 1. The highest BCUT2D eigenvalue weighted by atomic mass is 16.5. The van der Waals surface area contributed by atoms with Crippen LogP contribution in [-0.4, -0.2) is 31.0 Å². The van der Waals surface area contributed by atoms with Crippen molar-refractivity contribution in [3.05, 3.63) is 71.3 Å². The molecule has 3 aliphatic rings. The molecule has 1 aliphatic heterocycles. The highest BCUT2D eigenvalue weighted by Gasteiger charge is 2.40. The van der Waals surface area contributed by atoms with E-state index < -0.39 is 0 Å². The Balaban J connectivity index is 1.51. The maximum atomic E-state index is 13.6. The zero-order valence-corrected chi connectivity index (χ0v) is 18.5. The molecule has 1 heterocycles. The van der Waals surface area contributed by atoms with Crippen LogP contribution in [0.1, 0.15) is 72.0 Å². The summed E-state index contributed by atoms with van der Waals surface area (Å²) in [7, 11) is 3.69. The van der Waals surface area contributed by atoms with E-state index in [1.165, 1.54) is 30.4 Å². The smallest absolute Gasteiger partial charge is 0.255 e. The highest BCUT2D eigenvalue weighted by Crippen LogP contribution is 2.51. The molecule has 1 amide bonds. The number of nitrogens with one attached hydrogen (secondary N) is 1. The van der Waals surface area contributed by atoms with E-state index in [9.17, 15) is 4.79 Å². The number of anilines is 1. The van der Waals surface area contributed by atoms with Gasteiger partial charge in [0.1, 0.15) is 5.75 Å². The summed E-state index contributed by atoms with van der Waals surface area (Å²) in [5, 5.41) is 3.80. The average molecular weight is 417 g/mol. The number of ether oxygens (including phenoxy) is 1. The van der Waals surface area contributed by atoms with Crippen LogP contribution in [0.5, 0.6) is 5.75 Å². The number of hydrogen-bond donors (Lipinski definition) is 1. The summed E-state index contributed by atoms with van der Waals surface area (Å²) in [6, 6.07) is 15.1. The largest absolute Gasteiger partial charge is 0.497 e. The molecule has 4 heteroatoms. The summed E-state index contributed by atoms with van der Waals surface area (Å²) in [5.41, 5.74) is 4.28. The lowest BCUT2D eigenvalue weighted by Crippen LogP contribution is -2.39. The van der Waals surface area contributed by atoms with Crippen LogP contribution in [0.2, 0.25) is 0 Å². The maximum Gasteiger partial charge on any atom is 0.255 e. The van der Waals surface area contributed by atoms with Gasteiger partial charge in [0.25, 0.3) is 5.91 Å². The number of hydrogen-bond acceptors (Lipinski definition) is 3. The van der Waals surface area contributed by atoms with Crippen molar-refractivity contribution < 1.29 is 9.53 Å². The fourth-order valence-electron chi connectivity index (χ4n) is 5.79. The third-order valence-electron chi connectivity index (χ3n) is 7.52. The summed E-state index contributed by atoms with van der Waals surface area (Å²) in [6.45, 7) is 0. The predicted octanol–water partition coefficient (Wildman–Crippen LogP) is 5.93. The first kappa shape index (κ1) is 20.2. The quantitative estimate of drug-likeness (QED) is 0.629. The zero-order chi connectivity index (χ0) is 21.4. The van der Waals surface area contributed by atoms with Crippen molar-refractivity contribution in [3.8, 4) is 5.75 Å². The fraction of sp³-hybridized carbons (Fsp3) is 0.444. The second-order valence-electron chi connectivity index (χ2n) is 9.23. The molecular weight excluding hydrogens is 384 g/mol. The fourth-order valence-corrected chi connectivity index (χ4v) is 5.79. The Labute approximate surface area is 185 Å². The van der Waals surface area contributed by atoms with Gasteiger partial charge in [0.15, 0.2) is 0 Å². The Hall–Kier alpha value is -2.75. The minimum absolute atomic E-state index is 0.140. The normalized spacial score (nSPS) is 24.8. The van der Waals surface area contributed by atoms with Crippen molar-refractivity contribution in [2.75, 3.05) is 19.5 Å². The van der Waals surface area contributed by atoms with Gasteiger partial charge >= 0.3 is 0 Å². The van der Waals surface area contributed by atoms with Crippen LogP contribution in [0.4, 0.5) is 5.69 Å². The molecule has 31 heavy (non-hydrogen) atoms. The van der Waals surface area contributed by atoms with Gasteiger partial charge in [-0.25, -0.2) is 0 Å². The van der Waals surface area contributed by atoms with Gasteiger partial charge in [-0.05, 0) is 54.5 Å². The lowest BCUT2D eigenvalue weighted by molar-refractivity contribution is 0.0697. The van der Waals surface area contributed by atoms with E-state index in [4.69, 9.17) is 4.74 Å². The number of rotatable bonds is 4. The van der Waals surface area contributed by atoms with Crippen LogP contribution in [0.25, 0.3) is 0 Å². The van der Waals surface area contributed by atoms with Gasteiger partial charge in [0.2, 0.25) is 0 Å². The van der Waals surface area contributed by atoms with E-state index in [0.29, 0.717) is 17.9 Å². The third kappa shape index (κ3) is 3.62. The van der Waals surface area contributed by atoms with E-state index in [0.717, 1.165) is 36.3 Å². The third-order valence-corrected chi connectivity index (χ3v) is 7.52. The standard InChI is InChI=1S/C27H32N2O2/c1-29(19-10-4-3-5-11-19)27(30)24-16-8-15-23-21-13-7-14-22(21)25(28-26(23)24)18-9-6-12-20(17-18)31-2/h6-9,12-13,15-17,19,21-22,25,28H,3-5,10-11,14H2,1-2H3. The van der Waals surface area contributed by atoms with Gasteiger partial charge in [-0.2, -0.15) is 0 Å². The highest BCUT2D eigenvalue weighted by molar-refractivity contribution is 6.01. The molecule has 1 saturated carbocycles. The van der Waals surface area contributed by atoms with Crippen molar-refractivity contribution >= 4 is 11.6 Å². The van der Waals surface area contributed by atoms with E-state index >= 15 is 0 Å². The van der Waals surface area contributed by atoms with Crippen LogP contribution in [0, 0.1) is 5.92 Å². The zero-order valence-electron chi connectivity index (χ0n) is 18.5. The molecule has 0 spiro atoms. The first-order valence-corrected chi connectivity index (χ1v) is 11.6. The van der Waals surface area contributed by atoms with E-state index in [1.54, 1.807) is 7.11 Å². The number of carbonyl (C=O) groups excluding carboxylic acids is 1. The van der Waals surface area contributed by atoms with Gasteiger partial charge in [0.05, 0.1) is 24.4 Å². The summed E-state index contributed by atoms with van der Waals surface area (Å²) < 4.78 is 5.48. The first-order valence-electron chi connectivity index (χ1n) is 11.6. The number of para-hydroxylation sites is 1. The molecule has 0 bridgehead atoms. The molecule has 0 radical (unpaired) electrons. The Morgan fingerprint density at radius 2 is 1.90 bits per heavy atom. The molecule has 5 rings (SSSR count). The van der Waals surface area contributed by atoms with Gasteiger partial charge in [-0.15, -0.1) is 0 Å². The van der Waals surface area contributed by atoms with Gasteiger partial charge in [-0.3, -0.25) is 4.79 Å². The van der Waals surface area contributed by atoms with E-state index in [2.05, 4.69) is 47.8 Å². The lowest BCUT2D eigenvalue weighted by atomic mass is 9.76. The van der Waals surface area contributed by atoms with Gasteiger partial charge in [0, 0.05) is 19.0 Å². The second-order valence-corrected chi connectivity index (χ2v) is 9.23. The SMILES string of the molecule is COc1cccc(C2Nc3c(C(=O)N(C)C4CCCCC4)cccc3C3C=CCC32)c1. The molecule has 0 saturated heterocycles. The summed E-state index contributed by atoms with van der Waals surface area (Å²) in [6.07, 6.45) is 11.6. The second kappa shape index (κ2) is 8.41. The summed E-state index contributed by atoms with van der Waals surface area (Å²) in [5.74, 6) is 1.79. The Morgan fingerprint density at radius 1 is 1.10 bits per heavy atom. The van der Waals surface area contributed by atoms with Crippen LogP contribution in [0.3, 0.4) is 0 Å². The van der Waals surface area contributed by atoms with Gasteiger partial charge < -0.3 is 15.0 Å². The molecule has 4 nitrogen and oxygen atoms in total. The topological polar surface area (TPSA) is 41.6 Å². The molecule has 2 aromatic carbocycles. The number of methoxy groups -OCH3 is 1. The van der Waals surface area contributed by atoms with Crippen molar-refractivity contribution in [2.45, 2.75) is 56.5 Å². The van der Waals surface area contributed by atoms with Gasteiger partial charge in [-0.1, -0.05) is 55.7 Å². The minimum Gasteiger partial charge on any atom is -0.497 e. The lowest BCUT2D eigenvalue weighted by Gasteiger charge is -2.39. The number of carbonyl (C=O) groups is 1. The monoisotopic (exact) mass is 416 g/mol. The maximum absolute atomic E-state index is 13.6. The number of amides is 1. The molecule has 3 unspecified atom stereocenters. The van der Waals surface area contributed by atoms with E-state index in [1.807, 2.05) is 24.1 Å². The molecule has 2 aromatic rings. The Kier molecular flexibility index (Phi) is 5.47. The molecule has 1 N–H and O–H groups in total. The van der Waals surface area contributed by atoms with Crippen LogP contribution in [-0.2, 0) is 0 Å². The average Bonchev–Trinajstić information content (AvgIpc) is 3.33. The Bertz CT molecular complexity index is 992. The molecule has 162 valence electrons. The number of benzene rings is 2. The van der Waals surface area contributed by atoms with E-state index in [-0.39, 0.29) is 11.9 Å². The van der Waals surface area contributed by atoms with Crippen molar-refractivity contribution in [2.24, 2.45) is 5.92 Å². The number of allylic oxidation sites excluding steroid dienone is 2. The molecular formula is C27H32N2O2. The Morgan fingerprint density at radius 3 is 2.71 bits per heavy atom. The molecule has 2 aliphatic carbocycles. The van der Waals surface area contributed by atoms with Crippen LogP contribution >= 0.6 is 0 Å².